The number of hydrogen-bond donors (Lipinski definition) is 1. The molecule has 4 aromatic rings. The maximum atomic E-state index is 13.6. The van der Waals surface area contributed by atoms with Gasteiger partial charge < -0.3 is 19.2 Å². The van der Waals surface area contributed by atoms with Crippen molar-refractivity contribution in [1.82, 2.24) is 28.7 Å². The molecule has 11 heteroatoms. The molecule has 10 nitrogen and oxygen atoms in total. The topological polar surface area (TPSA) is 113 Å². The zero-order valence-corrected chi connectivity index (χ0v) is 24.1. The lowest BCUT2D eigenvalue weighted by Gasteiger charge is -2.33. The Morgan fingerprint density at radius 3 is 2.40 bits per heavy atom. The highest BCUT2D eigenvalue weighted by molar-refractivity contribution is 7.89. The van der Waals surface area contributed by atoms with Gasteiger partial charge in [0.25, 0.3) is 5.56 Å². The molecular formula is C29H36N6O4S. The molecule has 3 heterocycles. The Morgan fingerprint density at radius 2 is 1.73 bits per heavy atom. The van der Waals surface area contributed by atoms with E-state index in [9.17, 15) is 13.2 Å². The van der Waals surface area contributed by atoms with Gasteiger partial charge in [-0.3, -0.25) is 4.79 Å². The van der Waals surface area contributed by atoms with E-state index in [1.165, 1.54) is 4.31 Å². The standard InChI is InChI=1S/C29H36N6O4S/c1-4-14-35-25(19-21-10-8-7-9-11-21)30-26-28(35)31-27(32-29(26)36)23-20-22(12-13-24(23)39-6-3)40(37,38)34-17-15-33(5-2)16-18-34/h7-13,20H,4-6,14-19H2,1-3H3,(H,31,32,36). The number of aryl methyl sites for hydroxylation is 1. The Balaban J connectivity index is 1.59. The number of piperazine rings is 1. The number of fused-ring (bicyclic) bond motifs is 1. The van der Waals surface area contributed by atoms with Crippen LogP contribution in [-0.4, -0.2) is 76.5 Å². The monoisotopic (exact) mass is 564 g/mol. The Labute approximate surface area is 234 Å². The van der Waals surface area contributed by atoms with Crippen LogP contribution in [-0.2, 0) is 23.0 Å². The van der Waals surface area contributed by atoms with Crippen molar-refractivity contribution in [3.8, 4) is 17.1 Å². The fraction of sp³-hybridized carbons (Fsp3) is 0.414. The van der Waals surface area contributed by atoms with Crippen molar-refractivity contribution in [2.45, 2.75) is 45.1 Å². The van der Waals surface area contributed by atoms with Crippen LogP contribution in [0.1, 0.15) is 38.6 Å². The van der Waals surface area contributed by atoms with Gasteiger partial charge in [0.2, 0.25) is 10.0 Å². The van der Waals surface area contributed by atoms with Crippen molar-refractivity contribution < 1.29 is 13.2 Å². The molecule has 0 saturated carbocycles. The number of imidazole rings is 1. The van der Waals surface area contributed by atoms with Gasteiger partial charge in [0.15, 0.2) is 11.2 Å². The summed E-state index contributed by atoms with van der Waals surface area (Å²) < 4.78 is 36.5. The van der Waals surface area contributed by atoms with Crippen molar-refractivity contribution in [1.29, 1.82) is 0 Å². The second-order valence-electron chi connectivity index (χ2n) is 9.86. The molecule has 0 spiro atoms. The van der Waals surface area contributed by atoms with Crippen LogP contribution in [0.3, 0.4) is 0 Å². The summed E-state index contributed by atoms with van der Waals surface area (Å²) in [6.45, 7) is 10.1. The molecule has 1 saturated heterocycles. The van der Waals surface area contributed by atoms with Crippen LogP contribution < -0.4 is 10.3 Å². The predicted octanol–water partition coefficient (Wildman–Crippen LogP) is 3.51. The van der Waals surface area contributed by atoms with E-state index in [0.717, 1.165) is 24.4 Å². The van der Waals surface area contributed by atoms with Gasteiger partial charge in [-0.1, -0.05) is 44.2 Å². The zero-order chi connectivity index (χ0) is 28.3. The number of ether oxygens (including phenoxy) is 1. The third kappa shape index (κ3) is 5.54. The summed E-state index contributed by atoms with van der Waals surface area (Å²) in [6, 6.07) is 14.7. The van der Waals surface area contributed by atoms with E-state index in [1.807, 2.05) is 41.8 Å². The van der Waals surface area contributed by atoms with E-state index in [1.54, 1.807) is 18.2 Å². The van der Waals surface area contributed by atoms with E-state index >= 15 is 0 Å². The third-order valence-electron chi connectivity index (χ3n) is 7.26. The van der Waals surface area contributed by atoms with Gasteiger partial charge in [-0.25, -0.2) is 18.4 Å². The summed E-state index contributed by atoms with van der Waals surface area (Å²) in [7, 11) is -3.74. The predicted molar refractivity (Wildman–Crippen MR) is 155 cm³/mol. The molecule has 0 unspecified atom stereocenters. The van der Waals surface area contributed by atoms with Crippen LogP contribution >= 0.6 is 0 Å². The second-order valence-corrected chi connectivity index (χ2v) is 11.8. The van der Waals surface area contributed by atoms with Crippen LogP contribution in [0, 0.1) is 0 Å². The van der Waals surface area contributed by atoms with E-state index < -0.39 is 10.0 Å². The second kappa shape index (κ2) is 11.9. The van der Waals surface area contributed by atoms with Gasteiger partial charge in [-0.05, 0) is 43.7 Å². The first kappa shape index (κ1) is 28.0. The van der Waals surface area contributed by atoms with E-state index in [4.69, 9.17) is 9.72 Å². The first-order valence-corrected chi connectivity index (χ1v) is 15.3. The van der Waals surface area contributed by atoms with E-state index in [-0.39, 0.29) is 21.8 Å². The summed E-state index contributed by atoms with van der Waals surface area (Å²) in [5.41, 5.74) is 1.86. The largest absolute Gasteiger partial charge is 0.493 e. The smallest absolute Gasteiger partial charge is 0.279 e. The minimum atomic E-state index is -3.74. The summed E-state index contributed by atoms with van der Waals surface area (Å²) in [4.78, 5) is 28.0. The number of benzene rings is 2. The molecule has 5 rings (SSSR count). The zero-order valence-electron chi connectivity index (χ0n) is 23.3. The highest BCUT2D eigenvalue weighted by Crippen LogP contribution is 2.32. The molecule has 0 amide bonds. The molecule has 2 aromatic heterocycles. The molecule has 1 N–H and O–H groups in total. The number of aromatic amines is 1. The van der Waals surface area contributed by atoms with Crippen molar-refractivity contribution in [3.05, 3.63) is 70.3 Å². The number of rotatable bonds is 10. The van der Waals surface area contributed by atoms with Gasteiger partial charge in [-0.2, -0.15) is 4.31 Å². The normalized spacial score (nSPS) is 15.1. The van der Waals surface area contributed by atoms with Crippen LogP contribution in [0.25, 0.3) is 22.6 Å². The number of likely N-dealkylation sites (N-methyl/N-ethyl adjacent to an activating group) is 1. The molecule has 1 fully saturated rings. The van der Waals surface area contributed by atoms with Crippen molar-refractivity contribution >= 4 is 21.2 Å². The minimum absolute atomic E-state index is 0.144. The van der Waals surface area contributed by atoms with Gasteiger partial charge in [-0.15, -0.1) is 0 Å². The number of sulfonamides is 1. The molecule has 2 aromatic carbocycles. The Kier molecular flexibility index (Phi) is 8.34. The molecule has 212 valence electrons. The van der Waals surface area contributed by atoms with Crippen molar-refractivity contribution in [2.24, 2.45) is 0 Å². The quantitative estimate of drug-likeness (QED) is 0.314. The van der Waals surface area contributed by atoms with Gasteiger partial charge in [0.1, 0.15) is 17.4 Å². The fourth-order valence-corrected chi connectivity index (χ4v) is 6.58. The van der Waals surface area contributed by atoms with Gasteiger partial charge in [0, 0.05) is 39.1 Å². The number of H-pyrrole nitrogens is 1. The molecule has 0 bridgehead atoms. The van der Waals surface area contributed by atoms with E-state index in [2.05, 4.69) is 28.7 Å². The highest BCUT2D eigenvalue weighted by atomic mass is 32.2. The van der Waals surface area contributed by atoms with Gasteiger partial charge in [0.05, 0.1) is 17.1 Å². The number of hydrogen-bond acceptors (Lipinski definition) is 7. The Morgan fingerprint density at radius 1 is 0.975 bits per heavy atom. The van der Waals surface area contributed by atoms with Crippen LogP contribution in [0.2, 0.25) is 0 Å². The van der Waals surface area contributed by atoms with Crippen LogP contribution in [0.15, 0.2) is 58.2 Å². The highest BCUT2D eigenvalue weighted by Gasteiger charge is 2.29. The first-order chi connectivity index (χ1) is 19.3. The average molecular weight is 565 g/mol. The van der Waals surface area contributed by atoms with E-state index in [0.29, 0.717) is 62.7 Å². The first-order valence-electron chi connectivity index (χ1n) is 13.9. The maximum absolute atomic E-state index is 13.6. The minimum Gasteiger partial charge on any atom is -0.493 e. The summed E-state index contributed by atoms with van der Waals surface area (Å²) >= 11 is 0. The summed E-state index contributed by atoms with van der Waals surface area (Å²) in [5.74, 6) is 1.45. The third-order valence-corrected chi connectivity index (χ3v) is 9.15. The molecule has 40 heavy (non-hydrogen) atoms. The SMILES string of the molecule is CCCn1c(Cc2ccccc2)nc2c(=O)[nH]c(-c3cc(S(=O)(=O)N4CCN(CC)CC4)ccc3OCC)nc21. The Bertz CT molecular complexity index is 1640. The summed E-state index contributed by atoms with van der Waals surface area (Å²) in [6.07, 6.45) is 1.40. The lowest BCUT2D eigenvalue weighted by Crippen LogP contribution is -2.48. The molecule has 0 radical (unpaired) electrons. The number of nitrogens with one attached hydrogen (secondary N) is 1. The number of aromatic nitrogens is 4. The average Bonchev–Trinajstić information content (AvgIpc) is 3.31. The fourth-order valence-electron chi connectivity index (χ4n) is 5.13. The van der Waals surface area contributed by atoms with Crippen molar-refractivity contribution in [2.75, 3.05) is 39.3 Å². The molecule has 0 aliphatic carbocycles. The lowest BCUT2D eigenvalue weighted by molar-refractivity contribution is 0.196. The van der Waals surface area contributed by atoms with Crippen molar-refractivity contribution in [3.63, 3.8) is 0 Å². The van der Waals surface area contributed by atoms with Gasteiger partial charge >= 0.3 is 0 Å². The lowest BCUT2D eigenvalue weighted by atomic mass is 10.1. The molecular weight excluding hydrogens is 528 g/mol. The Hall–Kier alpha value is -3.54. The van der Waals surface area contributed by atoms with Crippen LogP contribution in [0.4, 0.5) is 0 Å². The number of nitrogens with zero attached hydrogens (tertiary/aromatic N) is 5. The molecule has 1 aliphatic heterocycles. The molecule has 0 atom stereocenters. The maximum Gasteiger partial charge on any atom is 0.279 e. The summed E-state index contributed by atoms with van der Waals surface area (Å²) in [5, 5.41) is 0. The van der Waals surface area contributed by atoms with Crippen LogP contribution in [0.5, 0.6) is 5.75 Å². The molecule has 1 aliphatic rings.